The Hall–Kier alpha value is -3.48. The van der Waals surface area contributed by atoms with Gasteiger partial charge in [0.1, 0.15) is 27.3 Å². The van der Waals surface area contributed by atoms with Gasteiger partial charge in [-0.2, -0.15) is 5.10 Å². The molecular formula is C19H18F2N6O4S. The lowest BCUT2D eigenvalue weighted by Crippen LogP contribution is -2.18. The summed E-state index contributed by atoms with van der Waals surface area (Å²) in [7, 11) is 0. The van der Waals surface area contributed by atoms with Crippen molar-refractivity contribution in [2.24, 2.45) is 5.73 Å². The minimum absolute atomic E-state index is 0.0278. The Morgan fingerprint density at radius 2 is 2.16 bits per heavy atom. The molecule has 1 saturated carbocycles. The van der Waals surface area contributed by atoms with E-state index in [1.54, 1.807) is 0 Å². The second-order valence-corrected chi connectivity index (χ2v) is 8.45. The Bertz CT molecular complexity index is 1250. The lowest BCUT2D eigenvalue weighted by Gasteiger charge is -2.10. The summed E-state index contributed by atoms with van der Waals surface area (Å²) in [6, 6.07) is 1.32. The molecule has 0 atom stereocenters. The fourth-order valence-corrected chi connectivity index (χ4v) is 4.54. The molecule has 2 amide bonds. The molecule has 1 fully saturated rings. The second kappa shape index (κ2) is 8.22. The maximum absolute atomic E-state index is 13.3. The zero-order valence-corrected chi connectivity index (χ0v) is 17.6. The number of primary amides is 1. The monoisotopic (exact) mass is 464 g/mol. The minimum Gasteiger partial charge on any atom is -0.365 e. The van der Waals surface area contributed by atoms with Gasteiger partial charge in [0.05, 0.1) is 17.2 Å². The number of nitrogens with two attached hydrogens (primary N) is 1. The number of aromatic nitrogens is 3. The Balaban J connectivity index is 1.64. The number of nitrogens with one attached hydrogen (secondary N) is 1. The molecule has 0 spiro atoms. The van der Waals surface area contributed by atoms with Gasteiger partial charge in [-0.15, -0.1) is 11.3 Å². The summed E-state index contributed by atoms with van der Waals surface area (Å²) >= 11 is 0.862. The SMILES string of the molecule is Cc1c([N+](=O)[O-])cnn1CCC(=O)Nc1c(C(N)=O)sc2nc(C(F)F)cc(C3CC3)c12. The van der Waals surface area contributed by atoms with Crippen LogP contribution in [0.15, 0.2) is 12.3 Å². The normalized spacial score (nSPS) is 13.6. The number of aryl methyl sites for hydroxylation is 1. The molecule has 3 aromatic heterocycles. The van der Waals surface area contributed by atoms with Crippen LogP contribution in [0, 0.1) is 17.0 Å². The van der Waals surface area contributed by atoms with E-state index in [0.717, 1.165) is 30.4 Å². The fourth-order valence-electron chi connectivity index (χ4n) is 3.52. The topological polar surface area (TPSA) is 146 Å². The van der Waals surface area contributed by atoms with Crippen LogP contribution < -0.4 is 11.1 Å². The van der Waals surface area contributed by atoms with Gasteiger partial charge in [-0.1, -0.05) is 0 Å². The smallest absolute Gasteiger partial charge is 0.309 e. The number of nitrogens with zero attached hydrogens (tertiary/aromatic N) is 4. The molecule has 0 radical (unpaired) electrons. The number of anilines is 1. The van der Waals surface area contributed by atoms with Gasteiger partial charge in [0.15, 0.2) is 0 Å². The van der Waals surface area contributed by atoms with Crippen LogP contribution in [0.5, 0.6) is 0 Å². The molecule has 3 aromatic rings. The molecule has 10 nitrogen and oxygen atoms in total. The van der Waals surface area contributed by atoms with Crippen molar-refractivity contribution in [2.45, 2.75) is 45.1 Å². The van der Waals surface area contributed by atoms with E-state index < -0.39 is 23.2 Å². The van der Waals surface area contributed by atoms with Gasteiger partial charge < -0.3 is 11.1 Å². The molecule has 1 aliphatic rings. The van der Waals surface area contributed by atoms with E-state index in [0.29, 0.717) is 16.6 Å². The zero-order valence-electron chi connectivity index (χ0n) is 16.8. The first-order valence-corrected chi connectivity index (χ1v) is 10.5. The van der Waals surface area contributed by atoms with Crippen LogP contribution in [-0.2, 0) is 11.3 Å². The maximum Gasteiger partial charge on any atom is 0.309 e. The van der Waals surface area contributed by atoms with Crippen LogP contribution in [0.25, 0.3) is 10.2 Å². The van der Waals surface area contributed by atoms with Gasteiger partial charge in [-0.05, 0) is 37.3 Å². The third-order valence-electron chi connectivity index (χ3n) is 5.27. The number of amides is 2. The Kier molecular flexibility index (Phi) is 5.59. The van der Waals surface area contributed by atoms with Crippen LogP contribution >= 0.6 is 11.3 Å². The van der Waals surface area contributed by atoms with Gasteiger partial charge in [0.25, 0.3) is 12.3 Å². The van der Waals surface area contributed by atoms with Crippen molar-refractivity contribution in [1.29, 1.82) is 0 Å². The van der Waals surface area contributed by atoms with Crippen molar-refractivity contribution < 1.29 is 23.3 Å². The second-order valence-electron chi connectivity index (χ2n) is 7.46. The van der Waals surface area contributed by atoms with E-state index in [-0.39, 0.29) is 45.7 Å². The van der Waals surface area contributed by atoms with Gasteiger partial charge in [-0.3, -0.25) is 24.4 Å². The highest BCUT2D eigenvalue weighted by Gasteiger charge is 2.31. The molecule has 0 saturated heterocycles. The molecule has 0 unspecified atom stereocenters. The molecule has 168 valence electrons. The largest absolute Gasteiger partial charge is 0.365 e. The number of fused-ring (bicyclic) bond motifs is 1. The summed E-state index contributed by atoms with van der Waals surface area (Å²) in [4.78, 5) is 39.3. The molecule has 1 aliphatic carbocycles. The summed E-state index contributed by atoms with van der Waals surface area (Å²) < 4.78 is 28.0. The van der Waals surface area contributed by atoms with E-state index in [9.17, 15) is 28.5 Å². The molecular weight excluding hydrogens is 446 g/mol. The number of carbonyl (C=O) groups is 2. The molecule has 0 aromatic carbocycles. The summed E-state index contributed by atoms with van der Waals surface area (Å²) in [5.74, 6) is -1.23. The number of carbonyl (C=O) groups excluding carboxylic acids is 2. The summed E-state index contributed by atoms with van der Waals surface area (Å²) in [6.07, 6.45) is -0.117. The molecule has 32 heavy (non-hydrogen) atoms. The zero-order chi connectivity index (χ0) is 23.2. The highest BCUT2D eigenvalue weighted by Crippen LogP contribution is 2.48. The van der Waals surface area contributed by atoms with Crippen LogP contribution in [0.1, 0.15) is 58.2 Å². The van der Waals surface area contributed by atoms with Crippen molar-refractivity contribution in [1.82, 2.24) is 14.8 Å². The molecule has 3 N–H and O–H groups in total. The first-order valence-electron chi connectivity index (χ1n) is 9.69. The molecule has 0 bridgehead atoms. The predicted molar refractivity (Wildman–Crippen MR) is 112 cm³/mol. The summed E-state index contributed by atoms with van der Waals surface area (Å²) in [6.45, 7) is 1.59. The number of alkyl halides is 2. The minimum atomic E-state index is -2.77. The average molecular weight is 464 g/mol. The van der Waals surface area contributed by atoms with Crippen LogP contribution in [0.4, 0.5) is 20.2 Å². The van der Waals surface area contributed by atoms with Gasteiger partial charge >= 0.3 is 5.69 Å². The van der Waals surface area contributed by atoms with E-state index in [2.05, 4.69) is 15.4 Å². The standard InChI is InChI=1S/C19H18F2N6O4S/c1-8-12(27(30)31)7-23-26(8)5-4-13(28)25-15-14-10(9-2-3-9)6-11(17(20)21)24-19(14)32-16(15)18(22)29/h6-7,9,17H,2-5H2,1H3,(H2,22,29)(H,25,28). The summed E-state index contributed by atoms with van der Waals surface area (Å²) in [5, 5.41) is 18.0. The third-order valence-corrected chi connectivity index (χ3v) is 6.36. The van der Waals surface area contributed by atoms with E-state index in [1.165, 1.54) is 17.7 Å². The van der Waals surface area contributed by atoms with Crippen LogP contribution in [0.3, 0.4) is 0 Å². The highest BCUT2D eigenvalue weighted by molar-refractivity contribution is 7.21. The van der Waals surface area contributed by atoms with E-state index in [1.807, 2.05) is 0 Å². The van der Waals surface area contributed by atoms with Gasteiger partial charge in [0.2, 0.25) is 5.91 Å². The number of hydrogen-bond donors (Lipinski definition) is 2. The average Bonchev–Trinajstić information content (AvgIpc) is 3.41. The number of hydrogen-bond acceptors (Lipinski definition) is 7. The molecule has 3 heterocycles. The predicted octanol–water partition coefficient (Wildman–Crippen LogP) is 3.65. The van der Waals surface area contributed by atoms with Crippen molar-refractivity contribution >= 4 is 44.7 Å². The first kappa shape index (κ1) is 21.7. The molecule has 13 heteroatoms. The lowest BCUT2D eigenvalue weighted by atomic mass is 10.0. The van der Waals surface area contributed by atoms with E-state index in [4.69, 9.17) is 5.73 Å². The van der Waals surface area contributed by atoms with Crippen molar-refractivity contribution in [3.63, 3.8) is 0 Å². The maximum atomic E-state index is 13.3. The number of nitro groups is 1. The highest BCUT2D eigenvalue weighted by atomic mass is 32.1. The number of pyridine rings is 1. The fraction of sp³-hybridized carbons (Fsp3) is 0.368. The van der Waals surface area contributed by atoms with Crippen molar-refractivity contribution in [3.05, 3.63) is 44.2 Å². The van der Waals surface area contributed by atoms with Gasteiger partial charge in [0, 0.05) is 11.8 Å². The Labute approximate surface area is 183 Å². The third kappa shape index (κ3) is 4.02. The molecule has 0 aliphatic heterocycles. The lowest BCUT2D eigenvalue weighted by molar-refractivity contribution is -0.385. The summed E-state index contributed by atoms with van der Waals surface area (Å²) in [5.41, 5.74) is 6.03. The Morgan fingerprint density at radius 1 is 1.44 bits per heavy atom. The van der Waals surface area contributed by atoms with Crippen LogP contribution in [0.2, 0.25) is 0 Å². The first-order chi connectivity index (χ1) is 15.2. The van der Waals surface area contributed by atoms with Crippen molar-refractivity contribution in [2.75, 3.05) is 5.32 Å². The number of rotatable bonds is 8. The van der Waals surface area contributed by atoms with Crippen LogP contribution in [-0.4, -0.2) is 31.5 Å². The van der Waals surface area contributed by atoms with E-state index >= 15 is 0 Å². The quantitative estimate of drug-likeness (QED) is 0.384. The molecule has 4 rings (SSSR count). The Morgan fingerprint density at radius 3 is 2.72 bits per heavy atom. The number of halogens is 2. The van der Waals surface area contributed by atoms with Crippen molar-refractivity contribution in [3.8, 4) is 0 Å². The van der Waals surface area contributed by atoms with Gasteiger partial charge in [-0.25, -0.2) is 13.8 Å². The number of thiophene rings is 1.